The molecule has 0 saturated heterocycles. The van der Waals surface area contributed by atoms with Crippen LogP contribution in [0.5, 0.6) is 0 Å². The fourth-order valence-corrected chi connectivity index (χ4v) is 3.72. The van der Waals surface area contributed by atoms with Crippen molar-refractivity contribution in [2.45, 2.75) is 38.1 Å². The van der Waals surface area contributed by atoms with Crippen LogP contribution in [0, 0.1) is 10.1 Å². The maximum atomic E-state index is 10.8. The number of nitrogens with zero attached hydrogens (tertiary/aromatic N) is 3. The normalized spacial score (nSPS) is 15.1. The van der Waals surface area contributed by atoms with E-state index in [1.807, 2.05) is 24.3 Å². The molecule has 0 radical (unpaired) electrons. The Balaban J connectivity index is 1.61. The molecule has 4 rings (SSSR count). The van der Waals surface area contributed by atoms with Gasteiger partial charge in [0.25, 0.3) is 5.69 Å². The molecule has 0 heterocycles. The van der Waals surface area contributed by atoms with Crippen molar-refractivity contribution in [3.05, 3.63) is 70.8 Å². The molecule has 0 aromatic heterocycles. The Kier molecular flexibility index (Phi) is 5.28. The van der Waals surface area contributed by atoms with Crippen LogP contribution < -0.4 is 5.32 Å². The summed E-state index contributed by atoms with van der Waals surface area (Å²) in [5, 5.41) is 25.3. The maximum absolute atomic E-state index is 10.8. The second-order valence-electron chi connectivity index (χ2n) is 7.13. The van der Waals surface area contributed by atoms with Crippen LogP contribution in [-0.2, 0) is 0 Å². The van der Waals surface area contributed by atoms with Gasteiger partial charge < -0.3 is 5.32 Å². The fourth-order valence-electron chi connectivity index (χ4n) is 3.72. The van der Waals surface area contributed by atoms with Gasteiger partial charge in [0.15, 0.2) is 0 Å². The highest BCUT2D eigenvalue weighted by Gasteiger charge is 2.14. The number of rotatable bonds is 5. The number of anilines is 1. The smallest absolute Gasteiger partial charge is 0.269 e. The number of nitrogens with one attached hydrogen (secondary N) is 1. The number of hydrogen-bond acceptors (Lipinski definition) is 5. The molecule has 0 atom stereocenters. The van der Waals surface area contributed by atoms with Crippen LogP contribution in [-0.4, -0.2) is 11.0 Å². The topological polar surface area (TPSA) is 79.9 Å². The van der Waals surface area contributed by atoms with Crippen molar-refractivity contribution >= 4 is 33.5 Å². The number of non-ortho nitro benzene ring substituents is 1. The van der Waals surface area contributed by atoms with Gasteiger partial charge in [-0.3, -0.25) is 10.1 Å². The average Bonchev–Trinajstić information content (AvgIpc) is 2.74. The van der Waals surface area contributed by atoms with E-state index in [0.717, 1.165) is 22.1 Å². The average molecular weight is 374 g/mol. The minimum Gasteiger partial charge on any atom is -0.382 e. The van der Waals surface area contributed by atoms with Crippen LogP contribution in [0.4, 0.5) is 22.7 Å². The van der Waals surface area contributed by atoms with E-state index in [-0.39, 0.29) is 5.69 Å². The third kappa shape index (κ3) is 4.01. The molecule has 1 aliphatic rings. The monoisotopic (exact) mass is 374 g/mol. The highest BCUT2D eigenvalue weighted by Crippen LogP contribution is 2.34. The Morgan fingerprint density at radius 1 is 0.857 bits per heavy atom. The number of azo groups is 1. The second-order valence-corrected chi connectivity index (χ2v) is 7.13. The summed E-state index contributed by atoms with van der Waals surface area (Å²) in [6.07, 6.45) is 6.35. The van der Waals surface area contributed by atoms with Gasteiger partial charge in [0.05, 0.1) is 16.3 Å². The highest BCUT2D eigenvalue weighted by atomic mass is 16.6. The maximum Gasteiger partial charge on any atom is 0.269 e. The summed E-state index contributed by atoms with van der Waals surface area (Å²) < 4.78 is 0. The molecule has 142 valence electrons. The van der Waals surface area contributed by atoms with Crippen LogP contribution in [0.2, 0.25) is 0 Å². The third-order valence-corrected chi connectivity index (χ3v) is 5.20. The van der Waals surface area contributed by atoms with Gasteiger partial charge in [0.2, 0.25) is 0 Å². The number of nitro benzene ring substituents is 1. The third-order valence-electron chi connectivity index (χ3n) is 5.20. The van der Waals surface area contributed by atoms with Crippen molar-refractivity contribution < 1.29 is 4.92 Å². The van der Waals surface area contributed by atoms with Crippen molar-refractivity contribution in [2.75, 3.05) is 5.32 Å². The molecule has 3 aromatic rings. The molecule has 0 bridgehead atoms. The first-order valence-electron chi connectivity index (χ1n) is 9.65. The van der Waals surface area contributed by atoms with Gasteiger partial charge in [-0.05, 0) is 37.1 Å². The number of benzene rings is 3. The van der Waals surface area contributed by atoms with Crippen LogP contribution >= 0.6 is 0 Å². The lowest BCUT2D eigenvalue weighted by atomic mass is 9.95. The Morgan fingerprint density at radius 3 is 2.29 bits per heavy atom. The Bertz CT molecular complexity index is 1010. The summed E-state index contributed by atoms with van der Waals surface area (Å²) in [4.78, 5) is 10.3. The molecule has 6 heteroatoms. The zero-order valence-corrected chi connectivity index (χ0v) is 15.5. The molecule has 0 spiro atoms. The molecule has 1 saturated carbocycles. The Hall–Kier alpha value is -3.28. The van der Waals surface area contributed by atoms with E-state index in [0.29, 0.717) is 11.7 Å². The number of fused-ring (bicyclic) bond motifs is 1. The molecule has 3 aromatic carbocycles. The first-order chi connectivity index (χ1) is 13.7. The van der Waals surface area contributed by atoms with Crippen LogP contribution in [0.1, 0.15) is 32.1 Å². The fraction of sp³-hybridized carbons (Fsp3) is 0.273. The predicted octanol–water partition coefficient (Wildman–Crippen LogP) is 6.91. The largest absolute Gasteiger partial charge is 0.382 e. The van der Waals surface area contributed by atoms with Crippen molar-refractivity contribution in [1.82, 2.24) is 0 Å². The van der Waals surface area contributed by atoms with Gasteiger partial charge in [0.1, 0.15) is 0 Å². The highest BCUT2D eigenvalue weighted by molar-refractivity contribution is 6.00. The van der Waals surface area contributed by atoms with E-state index < -0.39 is 4.92 Å². The molecule has 0 amide bonds. The SMILES string of the molecule is O=[N+]([O-])c1ccc(N=Nc2ccc(NC3CCCCC3)c3ccccc23)cc1. The molecule has 28 heavy (non-hydrogen) atoms. The van der Waals surface area contributed by atoms with Gasteiger partial charge in [-0.1, -0.05) is 43.5 Å². The molecule has 1 N–H and O–H groups in total. The zero-order valence-electron chi connectivity index (χ0n) is 15.5. The van der Waals surface area contributed by atoms with E-state index in [1.54, 1.807) is 12.1 Å². The summed E-state index contributed by atoms with van der Waals surface area (Å²) in [5.41, 5.74) is 2.54. The first kappa shape index (κ1) is 18.1. The summed E-state index contributed by atoms with van der Waals surface area (Å²) in [6.45, 7) is 0. The molecular weight excluding hydrogens is 352 g/mol. The van der Waals surface area contributed by atoms with Crippen molar-refractivity contribution in [2.24, 2.45) is 10.2 Å². The van der Waals surface area contributed by atoms with Crippen molar-refractivity contribution in [1.29, 1.82) is 0 Å². The standard InChI is InChI=1S/C22H22N4O2/c27-26(28)18-12-10-17(11-13-18)24-25-22-15-14-21(19-8-4-5-9-20(19)22)23-16-6-2-1-3-7-16/h4-5,8-16,23H,1-3,6-7H2. The van der Waals surface area contributed by atoms with Gasteiger partial charge in [-0.25, -0.2) is 0 Å². The molecule has 0 unspecified atom stereocenters. The quantitative estimate of drug-likeness (QED) is 0.299. The Morgan fingerprint density at radius 2 is 1.57 bits per heavy atom. The number of hydrogen-bond donors (Lipinski definition) is 1. The predicted molar refractivity (Wildman–Crippen MR) is 112 cm³/mol. The van der Waals surface area contributed by atoms with Gasteiger partial charge >= 0.3 is 0 Å². The van der Waals surface area contributed by atoms with Gasteiger partial charge in [-0.2, -0.15) is 5.11 Å². The van der Waals surface area contributed by atoms with E-state index in [2.05, 4.69) is 27.7 Å². The van der Waals surface area contributed by atoms with Crippen LogP contribution in [0.3, 0.4) is 0 Å². The van der Waals surface area contributed by atoms with Gasteiger partial charge in [0, 0.05) is 34.6 Å². The lowest BCUT2D eigenvalue weighted by molar-refractivity contribution is -0.384. The summed E-state index contributed by atoms with van der Waals surface area (Å²) in [7, 11) is 0. The zero-order chi connectivity index (χ0) is 19.3. The minimum atomic E-state index is -0.424. The lowest BCUT2D eigenvalue weighted by Gasteiger charge is -2.24. The second kappa shape index (κ2) is 8.17. The van der Waals surface area contributed by atoms with E-state index in [4.69, 9.17) is 0 Å². The number of nitro groups is 1. The van der Waals surface area contributed by atoms with E-state index in [1.165, 1.54) is 44.2 Å². The Labute approximate surface area is 163 Å². The van der Waals surface area contributed by atoms with E-state index in [9.17, 15) is 10.1 Å². The molecule has 6 nitrogen and oxygen atoms in total. The van der Waals surface area contributed by atoms with Gasteiger partial charge in [-0.15, -0.1) is 5.11 Å². The minimum absolute atomic E-state index is 0.0440. The van der Waals surface area contributed by atoms with Crippen LogP contribution in [0.25, 0.3) is 10.8 Å². The van der Waals surface area contributed by atoms with E-state index >= 15 is 0 Å². The van der Waals surface area contributed by atoms with Crippen molar-refractivity contribution in [3.63, 3.8) is 0 Å². The van der Waals surface area contributed by atoms with Crippen molar-refractivity contribution in [3.8, 4) is 0 Å². The summed E-state index contributed by atoms with van der Waals surface area (Å²) >= 11 is 0. The molecule has 0 aliphatic heterocycles. The molecule has 1 fully saturated rings. The molecular formula is C22H22N4O2. The van der Waals surface area contributed by atoms with Crippen LogP contribution in [0.15, 0.2) is 70.9 Å². The summed E-state index contributed by atoms with van der Waals surface area (Å²) in [6, 6.07) is 18.8. The molecule has 1 aliphatic carbocycles. The first-order valence-corrected chi connectivity index (χ1v) is 9.65. The lowest BCUT2D eigenvalue weighted by Crippen LogP contribution is -2.22. The summed E-state index contributed by atoms with van der Waals surface area (Å²) in [5.74, 6) is 0.